The van der Waals surface area contributed by atoms with Crippen LogP contribution in [0.4, 0.5) is 0 Å². The third kappa shape index (κ3) is 1.58. The fourth-order valence-electron chi connectivity index (χ4n) is 8.49. The molecule has 3 saturated heterocycles. The molecule has 2 unspecified atom stereocenters. The number of hydrogen-bond acceptors (Lipinski definition) is 4. The molecule has 7 aliphatic rings. The van der Waals surface area contributed by atoms with Crippen LogP contribution in [-0.4, -0.2) is 67.9 Å². The molecule has 4 nitrogen and oxygen atoms in total. The van der Waals surface area contributed by atoms with Crippen molar-refractivity contribution in [1.82, 2.24) is 9.80 Å². The van der Waals surface area contributed by atoms with Crippen LogP contribution in [0.5, 0.6) is 5.75 Å². The van der Waals surface area contributed by atoms with Crippen molar-refractivity contribution in [3.8, 4) is 5.75 Å². The summed E-state index contributed by atoms with van der Waals surface area (Å²) in [5, 5.41) is 0. The van der Waals surface area contributed by atoms with E-state index in [-0.39, 0.29) is 16.6 Å². The van der Waals surface area contributed by atoms with Crippen molar-refractivity contribution in [2.75, 3.05) is 40.9 Å². The monoisotopic (exact) mass is 380 g/mol. The first-order valence-corrected chi connectivity index (χ1v) is 11.2. The lowest BCUT2D eigenvalue weighted by Gasteiger charge is -2.69. The van der Waals surface area contributed by atoms with Crippen molar-refractivity contribution >= 4 is 0 Å². The van der Waals surface area contributed by atoms with Gasteiger partial charge in [0.1, 0.15) is 5.75 Å². The van der Waals surface area contributed by atoms with Gasteiger partial charge in [0.15, 0.2) is 0 Å². The highest BCUT2D eigenvalue weighted by Gasteiger charge is 2.84. The molecule has 6 fully saturated rings. The molecule has 4 heteroatoms. The van der Waals surface area contributed by atoms with Crippen molar-refractivity contribution in [2.45, 2.75) is 66.5 Å². The van der Waals surface area contributed by atoms with Gasteiger partial charge in [-0.1, -0.05) is 6.07 Å². The third-order valence-electron chi connectivity index (χ3n) is 9.85. The van der Waals surface area contributed by atoms with E-state index in [0.29, 0.717) is 11.5 Å². The number of methoxy groups -OCH3 is 1. The molecule has 0 amide bonds. The maximum absolute atomic E-state index is 7.04. The Kier molecular flexibility index (Phi) is 2.85. The highest BCUT2D eigenvalue weighted by atomic mass is 16.5. The Labute approximate surface area is 168 Å². The smallest absolute Gasteiger partial charge is 0.119 e. The van der Waals surface area contributed by atoms with Crippen LogP contribution >= 0.6 is 0 Å². The molecule has 5 atom stereocenters. The number of likely N-dealkylation sites (tertiary alicyclic amines) is 1. The van der Waals surface area contributed by atoms with Gasteiger partial charge >= 0.3 is 0 Å². The topological polar surface area (TPSA) is 24.9 Å². The summed E-state index contributed by atoms with van der Waals surface area (Å²) < 4.78 is 12.7. The molecule has 0 radical (unpaired) electrons. The summed E-state index contributed by atoms with van der Waals surface area (Å²) in [6.45, 7) is 3.46. The Bertz CT molecular complexity index is 869. The van der Waals surface area contributed by atoms with E-state index in [0.717, 1.165) is 18.3 Å². The molecule has 3 saturated carbocycles. The van der Waals surface area contributed by atoms with Crippen molar-refractivity contribution in [3.05, 3.63) is 29.3 Å². The Morgan fingerprint density at radius 2 is 2.04 bits per heavy atom. The highest BCUT2D eigenvalue weighted by Crippen LogP contribution is 2.77. The van der Waals surface area contributed by atoms with Crippen LogP contribution in [0.25, 0.3) is 0 Å². The van der Waals surface area contributed by atoms with E-state index in [9.17, 15) is 0 Å². The van der Waals surface area contributed by atoms with Crippen LogP contribution in [0, 0.1) is 5.92 Å². The largest absolute Gasteiger partial charge is 0.497 e. The standard InChI is InChI=1S/C24H32N2O2/c1-25(2)21-8-9-24(28-15-21)20-22(14-26(20)11-16-4-5-16)13-23(24,12-21)19-10-17(27-3)6-7-18(19)22/h6-7,10,16,20H,4-5,8-9,11-15H2,1-3H3/t20?,21-,22?,23-,24+/m0/s1. The number of rotatable bonds is 4. The summed E-state index contributed by atoms with van der Waals surface area (Å²) >= 11 is 0. The van der Waals surface area contributed by atoms with E-state index in [2.05, 4.69) is 42.1 Å². The predicted molar refractivity (Wildman–Crippen MR) is 108 cm³/mol. The molecular formula is C24H32N2O2. The van der Waals surface area contributed by atoms with Gasteiger partial charge in [0.2, 0.25) is 0 Å². The zero-order valence-electron chi connectivity index (χ0n) is 17.5. The van der Waals surface area contributed by atoms with Gasteiger partial charge in [-0.25, -0.2) is 0 Å². The second-order valence-electron chi connectivity index (χ2n) is 11.1. The van der Waals surface area contributed by atoms with Crippen LogP contribution in [-0.2, 0) is 15.6 Å². The Morgan fingerprint density at radius 1 is 1.18 bits per heavy atom. The van der Waals surface area contributed by atoms with Crippen molar-refractivity contribution in [1.29, 1.82) is 0 Å². The number of hydrogen-bond donors (Lipinski definition) is 0. The third-order valence-corrected chi connectivity index (χ3v) is 9.85. The summed E-state index contributed by atoms with van der Waals surface area (Å²) in [6, 6.07) is 7.57. The Balaban J connectivity index is 1.42. The van der Waals surface area contributed by atoms with Gasteiger partial charge in [-0.2, -0.15) is 0 Å². The minimum Gasteiger partial charge on any atom is -0.497 e. The molecule has 28 heavy (non-hydrogen) atoms. The van der Waals surface area contributed by atoms with E-state index in [1.54, 1.807) is 18.2 Å². The van der Waals surface area contributed by atoms with E-state index >= 15 is 0 Å². The highest BCUT2D eigenvalue weighted by molar-refractivity contribution is 5.62. The molecule has 8 rings (SSSR count). The molecule has 3 spiro atoms. The van der Waals surface area contributed by atoms with E-state index < -0.39 is 0 Å². The van der Waals surface area contributed by atoms with Crippen molar-refractivity contribution in [2.24, 2.45) is 5.92 Å². The Morgan fingerprint density at radius 3 is 2.71 bits per heavy atom. The average Bonchev–Trinajstić information content (AvgIpc) is 3.42. The maximum Gasteiger partial charge on any atom is 0.119 e. The summed E-state index contributed by atoms with van der Waals surface area (Å²) in [6.07, 6.45) is 7.92. The summed E-state index contributed by atoms with van der Waals surface area (Å²) in [4.78, 5) is 5.30. The fraction of sp³-hybridized carbons (Fsp3) is 0.750. The molecule has 4 aliphatic carbocycles. The lowest BCUT2D eigenvalue weighted by atomic mass is 9.50. The molecule has 1 aromatic carbocycles. The maximum atomic E-state index is 7.04. The molecule has 0 N–H and O–H groups in total. The average molecular weight is 381 g/mol. The quantitative estimate of drug-likeness (QED) is 0.802. The second-order valence-corrected chi connectivity index (χ2v) is 11.1. The predicted octanol–water partition coefficient (Wildman–Crippen LogP) is 2.94. The van der Waals surface area contributed by atoms with E-state index in [1.807, 2.05) is 0 Å². The van der Waals surface area contributed by atoms with Crippen LogP contribution < -0.4 is 4.74 Å². The molecular weight excluding hydrogens is 348 g/mol. The second kappa shape index (κ2) is 4.79. The van der Waals surface area contributed by atoms with Gasteiger partial charge in [0, 0.05) is 29.5 Å². The van der Waals surface area contributed by atoms with Gasteiger partial charge in [-0.15, -0.1) is 0 Å². The van der Waals surface area contributed by atoms with Crippen LogP contribution in [0.2, 0.25) is 0 Å². The van der Waals surface area contributed by atoms with Crippen LogP contribution in [0.3, 0.4) is 0 Å². The number of benzene rings is 1. The van der Waals surface area contributed by atoms with E-state index in [1.165, 1.54) is 51.6 Å². The first-order chi connectivity index (χ1) is 13.5. The summed E-state index contributed by atoms with van der Waals surface area (Å²) in [5.74, 6) is 1.96. The van der Waals surface area contributed by atoms with Gasteiger partial charge in [0.25, 0.3) is 0 Å². The molecule has 3 aliphatic heterocycles. The van der Waals surface area contributed by atoms with Crippen LogP contribution in [0.1, 0.15) is 49.7 Å². The summed E-state index contributed by atoms with van der Waals surface area (Å²) in [7, 11) is 6.33. The lowest BCUT2D eigenvalue weighted by molar-refractivity contribution is -0.255. The first kappa shape index (κ1) is 16.7. The zero-order valence-corrected chi connectivity index (χ0v) is 17.5. The van der Waals surface area contributed by atoms with Crippen LogP contribution in [0.15, 0.2) is 18.2 Å². The first-order valence-electron chi connectivity index (χ1n) is 11.2. The van der Waals surface area contributed by atoms with Gasteiger partial charge in [0.05, 0.1) is 25.4 Å². The van der Waals surface area contributed by atoms with Crippen molar-refractivity contribution < 1.29 is 9.47 Å². The number of nitrogens with zero attached hydrogens (tertiary/aromatic N) is 2. The van der Waals surface area contributed by atoms with E-state index in [4.69, 9.17) is 9.47 Å². The number of fused-ring (bicyclic) bond motifs is 3. The molecule has 0 aromatic heterocycles. The van der Waals surface area contributed by atoms with Gasteiger partial charge < -0.3 is 14.4 Å². The fourth-order valence-corrected chi connectivity index (χ4v) is 8.49. The van der Waals surface area contributed by atoms with Crippen molar-refractivity contribution in [3.63, 3.8) is 0 Å². The normalized spacial score (nSPS) is 47.6. The van der Waals surface area contributed by atoms with Gasteiger partial charge in [-0.05, 0) is 81.8 Å². The minimum absolute atomic E-state index is 0.0251. The molecule has 3 heterocycles. The molecule has 1 aromatic rings. The lowest BCUT2D eigenvalue weighted by Crippen LogP contribution is -2.80. The molecule has 4 bridgehead atoms. The SMILES string of the molecule is COc1ccc2c(c1)[C@]13CC24CN(CC2CC2)C4[C@]12CC[C@@](N(C)C)(CO2)C3. The minimum atomic E-state index is 0.0251. The summed E-state index contributed by atoms with van der Waals surface area (Å²) in [5.41, 5.74) is 3.90. The number of likely N-dealkylation sites (N-methyl/N-ethyl adjacent to an activating group) is 1. The number of ether oxygens (including phenoxy) is 2. The van der Waals surface area contributed by atoms with Gasteiger partial charge in [-0.3, -0.25) is 4.90 Å². The Hall–Kier alpha value is -1.10. The molecule has 150 valence electrons. The zero-order chi connectivity index (χ0) is 18.9.